The van der Waals surface area contributed by atoms with Gasteiger partial charge in [-0.25, -0.2) is 14.3 Å². The number of hydrogen-bond acceptors (Lipinski definition) is 7. The largest absolute Gasteiger partial charge is 0.453 e. The maximum absolute atomic E-state index is 13.5. The summed E-state index contributed by atoms with van der Waals surface area (Å²) in [5, 5.41) is 13.8. The zero-order chi connectivity index (χ0) is 26.3. The van der Waals surface area contributed by atoms with Gasteiger partial charge in [0.2, 0.25) is 0 Å². The van der Waals surface area contributed by atoms with Crippen LogP contribution < -0.4 is 21.7 Å². The first-order valence-corrected chi connectivity index (χ1v) is 12.6. The lowest BCUT2D eigenvalue weighted by molar-refractivity contribution is -0.137. The first-order chi connectivity index (χ1) is 16.9. The number of amides is 3. The molecular formula is C25H38N6O5. The van der Waals surface area contributed by atoms with E-state index < -0.39 is 23.3 Å². The van der Waals surface area contributed by atoms with Gasteiger partial charge in [-0.1, -0.05) is 0 Å². The Balaban J connectivity index is 1.51. The topological polar surface area (TPSA) is 150 Å². The summed E-state index contributed by atoms with van der Waals surface area (Å²) in [4.78, 5) is 36.6. The lowest BCUT2D eigenvalue weighted by Gasteiger charge is -2.58. The van der Waals surface area contributed by atoms with E-state index in [1.807, 2.05) is 27.7 Å². The zero-order valence-corrected chi connectivity index (χ0v) is 21.7. The minimum absolute atomic E-state index is 0.0210. The average molecular weight is 503 g/mol. The molecular weight excluding hydrogens is 464 g/mol. The Bertz CT molecular complexity index is 1030. The number of nitrogens with zero attached hydrogens (tertiary/aromatic N) is 2. The van der Waals surface area contributed by atoms with E-state index in [4.69, 9.17) is 10.5 Å². The molecule has 5 N–H and O–H groups in total. The Morgan fingerprint density at radius 2 is 1.89 bits per heavy atom. The minimum Gasteiger partial charge on any atom is -0.453 e. The van der Waals surface area contributed by atoms with Gasteiger partial charge in [0, 0.05) is 18.3 Å². The highest BCUT2D eigenvalue weighted by Crippen LogP contribution is 2.57. The van der Waals surface area contributed by atoms with Crippen LogP contribution in [0.15, 0.2) is 12.3 Å². The lowest BCUT2D eigenvalue weighted by atomic mass is 9.52. The second-order valence-electron chi connectivity index (χ2n) is 11.4. The van der Waals surface area contributed by atoms with Gasteiger partial charge in [0.05, 0.1) is 18.8 Å². The standard InChI is InChI=1S/C25H38N6O5/c1-14(2)28-20-18(13-27-31(20)7-6-24(3,4)30-23(34)35-5)21(32)29-19-16-8-15-9-17(19)12-25(10-15,11-16)36-22(26)33/h6-7,13-17,19,28H,8-12H2,1-5H3,(H2,26,33)(H,29,32)(H,30,34)/b7-6+. The number of primary amides is 1. The summed E-state index contributed by atoms with van der Waals surface area (Å²) in [6.07, 6.45) is 8.16. The molecule has 4 aliphatic carbocycles. The van der Waals surface area contributed by atoms with Gasteiger partial charge in [-0.2, -0.15) is 5.10 Å². The molecule has 0 aliphatic heterocycles. The highest BCUT2D eigenvalue weighted by Gasteiger charge is 2.57. The van der Waals surface area contributed by atoms with Crippen molar-refractivity contribution < 1.29 is 23.9 Å². The van der Waals surface area contributed by atoms with Crippen molar-refractivity contribution in [3.05, 3.63) is 17.8 Å². The van der Waals surface area contributed by atoms with E-state index in [1.54, 1.807) is 23.2 Å². The van der Waals surface area contributed by atoms with Gasteiger partial charge in [0.1, 0.15) is 17.0 Å². The van der Waals surface area contributed by atoms with Crippen molar-refractivity contribution in [3.8, 4) is 0 Å². The van der Waals surface area contributed by atoms with Gasteiger partial charge in [-0.3, -0.25) is 4.79 Å². The Labute approximate surface area is 211 Å². The van der Waals surface area contributed by atoms with E-state index in [0.717, 1.165) is 32.1 Å². The van der Waals surface area contributed by atoms with Crippen LogP contribution in [0.25, 0.3) is 6.20 Å². The highest BCUT2D eigenvalue weighted by atomic mass is 16.6. The first kappa shape index (κ1) is 25.8. The minimum atomic E-state index is -0.715. The fourth-order valence-corrected chi connectivity index (χ4v) is 6.42. The van der Waals surface area contributed by atoms with Crippen LogP contribution in [-0.4, -0.2) is 58.2 Å². The van der Waals surface area contributed by atoms with Gasteiger partial charge in [-0.15, -0.1) is 0 Å². The molecule has 1 aromatic rings. The molecule has 2 unspecified atom stereocenters. The SMILES string of the molecule is COC(=O)NC(C)(C)/C=C/n1ncc(C(=O)NC2C3CC4CC2CC(OC(N)=O)(C4)C3)c1NC(C)C. The predicted molar refractivity (Wildman–Crippen MR) is 134 cm³/mol. The summed E-state index contributed by atoms with van der Waals surface area (Å²) in [6, 6.07) is 0.0845. The number of rotatable bonds is 8. The molecule has 11 nitrogen and oxygen atoms in total. The number of aromatic nitrogens is 2. The second-order valence-corrected chi connectivity index (χ2v) is 11.4. The Morgan fingerprint density at radius 3 is 2.47 bits per heavy atom. The van der Waals surface area contributed by atoms with Crippen molar-refractivity contribution in [2.24, 2.45) is 23.5 Å². The van der Waals surface area contributed by atoms with Crippen LogP contribution in [0.3, 0.4) is 0 Å². The van der Waals surface area contributed by atoms with Crippen molar-refractivity contribution in [2.45, 2.75) is 83.0 Å². The number of nitrogens with one attached hydrogen (secondary N) is 3. The molecule has 4 fully saturated rings. The van der Waals surface area contributed by atoms with E-state index in [9.17, 15) is 14.4 Å². The lowest BCUT2D eigenvalue weighted by Crippen LogP contribution is -2.63. The molecule has 0 spiro atoms. The monoisotopic (exact) mass is 502 g/mol. The third-order valence-electron chi connectivity index (χ3n) is 7.54. The van der Waals surface area contributed by atoms with E-state index in [-0.39, 0.29) is 29.8 Å². The number of hydrogen-bond donors (Lipinski definition) is 4. The molecule has 2 atom stereocenters. The molecule has 1 aromatic heterocycles. The third kappa shape index (κ3) is 5.44. The van der Waals surface area contributed by atoms with E-state index in [2.05, 4.69) is 25.8 Å². The van der Waals surface area contributed by atoms with E-state index in [1.165, 1.54) is 7.11 Å². The molecule has 198 valence electrons. The summed E-state index contributed by atoms with van der Waals surface area (Å²) in [5.41, 5.74) is 4.64. The number of ether oxygens (including phenoxy) is 2. The first-order valence-electron chi connectivity index (χ1n) is 12.6. The Morgan fingerprint density at radius 1 is 1.22 bits per heavy atom. The van der Waals surface area contributed by atoms with Gasteiger partial charge < -0.3 is 31.2 Å². The molecule has 4 saturated carbocycles. The van der Waals surface area contributed by atoms with Crippen molar-refractivity contribution in [2.75, 3.05) is 12.4 Å². The van der Waals surface area contributed by atoms with Crippen LogP contribution in [0.2, 0.25) is 0 Å². The molecule has 3 amide bonds. The fraction of sp³-hybridized carbons (Fsp3) is 0.680. The highest BCUT2D eigenvalue weighted by molar-refractivity contribution is 5.99. The molecule has 0 radical (unpaired) electrons. The van der Waals surface area contributed by atoms with Crippen molar-refractivity contribution in [1.82, 2.24) is 20.4 Å². The van der Waals surface area contributed by atoms with Crippen LogP contribution in [-0.2, 0) is 9.47 Å². The quantitative estimate of drug-likeness (QED) is 0.427. The van der Waals surface area contributed by atoms with E-state index >= 15 is 0 Å². The summed E-state index contributed by atoms with van der Waals surface area (Å²) >= 11 is 0. The molecule has 0 aromatic carbocycles. The molecule has 4 bridgehead atoms. The van der Waals surface area contributed by atoms with Crippen molar-refractivity contribution >= 4 is 30.1 Å². The fourth-order valence-electron chi connectivity index (χ4n) is 6.42. The van der Waals surface area contributed by atoms with E-state index in [0.29, 0.717) is 17.3 Å². The van der Waals surface area contributed by atoms with Crippen LogP contribution in [0.4, 0.5) is 15.4 Å². The van der Waals surface area contributed by atoms with Gasteiger partial charge in [-0.05, 0) is 83.6 Å². The number of alkyl carbamates (subject to hydrolysis) is 1. The van der Waals surface area contributed by atoms with Gasteiger partial charge >= 0.3 is 12.2 Å². The summed E-state index contributed by atoms with van der Waals surface area (Å²) < 4.78 is 11.9. The number of nitrogens with two attached hydrogens (primary N) is 1. The van der Waals surface area contributed by atoms with Gasteiger partial charge in [0.25, 0.3) is 5.91 Å². The third-order valence-corrected chi connectivity index (χ3v) is 7.54. The predicted octanol–water partition coefficient (Wildman–Crippen LogP) is 3.08. The average Bonchev–Trinajstić information content (AvgIpc) is 3.15. The molecule has 0 saturated heterocycles. The number of carbonyl (C=O) groups excluding carboxylic acids is 3. The van der Waals surface area contributed by atoms with Crippen LogP contribution >= 0.6 is 0 Å². The van der Waals surface area contributed by atoms with Gasteiger partial charge in [0.15, 0.2) is 0 Å². The van der Waals surface area contributed by atoms with Crippen molar-refractivity contribution in [3.63, 3.8) is 0 Å². The molecule has 1 heterocycles. The zero-order valence-electron chi connectivity index (χ0n) is 21.7. The molecule has 5 rings (SSSR count). The normalized spacial score (nSPS) is 28.8. The number of anilines is 1. The maximum Gasteiger partial charge on any atom is 0.407 e. The van der Waals surface area contributed by atoms with Crippen LogP contribution in [0.1, 0.15) is 70.2 Å². The molecule has 11 heteroatoms. The Hall–Kier alpha value is -3.24. The summed E-state index contributed by atoms with van der Waals surface area (Å²) in [5.74, 6) is 1.39. The molecule has 36 heavy (non-hydrogen) atoms. The number of methoxy groups -OCH3 is 1. The smallest absolute Gasteiger partial charge is 0.407 e. The van der Waals surface area contributed by atoms with Crippen molar-refractivity contribution in [1.29, 1.82) is 0 Å². The number of carbonyl (C=O) groups is 3. The second kappa shape index (κ2) is 9.67. The van der Waals surface area contributed by atoms with Crippen LogP contribution in [0.5, 0.6) is 0 Å². The molecule has 4 aliphatic rings. The van der Waals surface area contributed by atoms with Crippen LogP contribution in [0, 0.1) is 17.8 Å². The Kier molecular flexibility index (Phi) is 6.94. The maximum atomic E-state index is 13.5. The summed E-state index contributed by atoms with van der Waals surface area (Å²) in [7, 11) is 1.31. The summed E-state index contributed by atoms with van der Waals surface area (Å²) in [6.45, 7) is 7.63.